The van der Waals surface area contributed by atoms with Crippen LogP contribution in [0.15, 0.2) is 0 Å². The van der Waals surface area contributed by atoms with Crippen LogP contribution in [0.2, 0.25) is 0 Å². The molecule has 3 heteroatoms. The predicted molar refractivity (Wildman–Crippen MR) is 74.4 cm³/mol. The van der Waals surface area contributed by atoms with Gasteiger partial charge in [0.2, 0.25) is 5.91 Å². The first-order chi connectivity index (χ1) is 8.57. The summed E-state index contributed by atoms with van der Waals surface area (Å²) in [5.41, 5.74) is 0.396. The van der Waals surface area contributed by atoms with Crippen molar-refractivity contribution >= 4 is 5.91 Å². The van der Waals surface area contributed by atoms with Crippen molar-refractivity contribution in [1.29, 1.82) is 0 Å². The van der Waals surface area contributed by atoms with Crippen molar-refractivity contribution in [2.75, 3.05) is 6.54 Å². The Morgan fingerprint density at radius 2 is 2.00 bits per heavy atom. The first kappa shape index (κ1) is 13.9. The summed E-state index contributed by atoms with van der Waals surface area (Å²) in [5.74, 6) is 0.236. The minimum Gasteiger partial charge on any atom is -0.352 e. The fourth-order valence-corrected chi connectivity index (χ4v) is 3.38. The minimum atomic E-state index is 0.0533. The van der Waals surface area contributed by atoms with E-state index in [1.807, 2.05) is 0 Å². The van der Waals surface area contributed by atoms with Gasteiger partial charge in [-0.1, -0.05) is 33.1 Å². The molecule has 2 rings (SSSR count). The van der Waals surface area contributed by atoms with Crippen molar-refractivity contribution < 1.29 is 4.79 Å². The van der Waals surface area contributed by atoms with E-state index < -0.39 is 0 Å². The monoisotopic (exact) mass is 252 g/mol. The van der Waals surface area contributed by atoms with Crippen LogP contribution in [0.1, 0.15) is 65.2 Å². The molecule has 1 saturated heterocycles. The van der Waals surface area contributed by atoms with Gasteiger partial charge in [-0.2, -0.15) is 0 Å². The summed E-state index contributed by atoms with van der Waals surface area (Å²) in [7, 11) is 0. The SMILES string of the molecule is CC1(C)CCCC(NC(=O)C2CCCCCN2)C1. The van der Waals surface area contributed by atoms with Crippen LogP contribution in [0.25, 0.3) is 0 Å². The summed E-state index contributed by atoms with van der Waals surface area (Å²) in [6, 6.07) is 0.448. The van der Waals surface area contributed by atoms with Gasteiger partial charge in [0.1, 0.15) is 0 Å². The average molecular weight is 252 g/mol. The topological polar surface area (TPSA) is 41.1 Å². The number of amides is 1. The number of hydrogen-bond acceptors (Lipinski definition) is 2. The van der Waals surface area contributed by atoms with Gasteiger partial charge >= 0.3 is 0 Å². The number of carbonyl (C=O) groups excluding carboxylic acids is 1. The van der Waals surface area contributed by atoms with Gasteiger partial charge in [0.25, 0.3) is 0 Å². The Balaban J connectivity index is 1.82. The molecule has 2 fully saturated rings. The molecule has 2 unspecified atom stereocenters. The molecule has 0 spiro atoms. The molecule has 0 aromatic heterocycles. The van der Waals surface area contributed by atoms with Crippen molar-refractivity contribution in [3.05, 3.63) is 0 Å². The van der Waals surface area contributed by atoms with E-state index in [9.17, 15) is 4.79 Å². The van der Waals surface area contributed by atoms with Gasteiger partial charge in [-0.25, -0.2) is 0 Å². The second-order valence-electron chi connectivity index (χ2n) is 6.82. The van der Waals surface area contributed by atoms with E-state index in [0.717, 1.165) is 25.8 Å². The van der Waals surface area contributed by atoms with E-state index in [1.165, 1.54) is 32.1 Å². The predicted octanol–water partition coefficient (Wildman–Crippen LogP) is 2.60. The number of nitrogens with one attached hydrogen (secondary N) is 2. The molecule has 1 aliphatic carbocycles. The zero-order valence-electron chi connectivity index (χ0n) is 11.9. The quantitative estimate of drug-likeness (QED) is 0.793. The van der Waals surface area contributed by atoms with Crippen LogP contribution in [0.5, 0.6) is 0 Å². The van der Waals surface area contributed by atoms with Crippen molar-refractivity contribution in [1.82, 2.24) is 10.6 Å². The van der Waals surface area contributed by atoms with E-state index in [0.29, 0.717) is 11.5 Å². The molecule has 1 heterocycles. The lowest BCUT2D eigenvalue weighted by Gasteiger charge is -2.36. The third kappa shape index (κ3) is 3.98. The van der Waals surface area contributed by atoms with E-state index in [-0.39, 0.29) is 11.9 Å². The van der Waals surface area contributed by atoms with Gasteiger partial charge in [0.05, 0.1) is 6.04 Å². The maximum Gasteiger partial charge on any atom is 0.237 e. The molecular weight excluding hydrogens is 224 g/mol. The lowest BCUT2D eigenvalue weighted by atomic mass is 9.75. The van der Waals surface area contributed by atoms with Crippen LogP contribution in [0.4, 0.5) is 0 Å². The van der Waals surface area contributed by atoms with E-state index >= 15 is 0 Å². The van der Waals surface area contributed by atoms with E-state index in [2.05, 4.69) is 24.5 Å². The Hall–Kier alpha value is -0.570. The van der Waals surface area contributed by atoms with Gasteiger partial charge in [-0.05, 0) is 44.1 Å². The highest BCUT2D eigenvalue weighted by atomic mass is 16.2. The molecule has 2 N–H and O–H groups in total. The molecule has 104 valence electrons. The van der Waals surface area contributed by atoms with Crippen LogP contribution >= 0.6 is 0 Å². The highest BCUT2D eigenvalue weighted by Crippen LogP contribution is 2.35. The zero-order chi connectivity index (χ0) is 13.0. The standard InChI is InChI=1S/C15H28N2O/c1-15(2)9-6-7-12(11-15)17-14(18)13-8-4-3-5-10-16-13/h12-13,16H,3-11H2,1-2H3,(H,17,18). The maximum absolute atomic E-state index is 12.3. The maximum atomic E-state index is 12.3. The van der Waals surface area contributed by atoms with E-state index in [1.54, 1.807) is 0 Å². The average Bonchev–Trinajstić information content (AvgIpc) is 2.55. The molecule has 2 aliphatic rings. The second kappa shape index (κ2) is 6.05. The third-order valence-corrected chi connectivity index (χ3v) is 4.43. The second-order valence-corrected chi connectivity index (χ2v) is 6.82. The molecule has 0 aromatic rings. The van der Waals surface area contributed by atoms with Crippen LogP contribution in [0, 0.1) is 5.41 Å². The van der Waals surface area contributed by atoms with Crippen LogP contribution < -0.4 is 10.6 Å². The van der Waals surface area contributed by atoms with Crippen molar-refractivity contribution in [3.63, 3.8) is 0 Å². The lowest BCUT2D eigenvalue weighted by Crippen LogP contribution is -2.49. The Morgan fingerprint density at radius 3 is 2.78 bits per heavy atom. The number of rotatable bonds is 2. The van der Waals surface area contributed by atoms with Gasteiger partial charge in [-0.3, -0.25) is 4.79 Å². The molecule has 1 saturated carbocycles. The molecule has 2 atom stereocenters. The first-order valence-corrected chi connectivity index (χ1v) is 7.61. The molecule has 18 heavy (non-hydrogen) atoms. The summed E-state index contributed by atoms with van der Waals surface area (Å²) in [5, 5.41) is 6.65. The molecule has 0 bridgehead atoms. The van der Waals surface area contributed by atoms with Crippen molar-refractivity contribution in [2.45, 2.75) is 77.3 Å². The van der Waals surface area contributed by atoms with Crippen molar-refractivity contribution in [2.24, 2.45) is 5.41 Å². The molecular formula is C15H28N2O. The van der Waals surface area contributed by atoms with Gasteiger partial charge in [-0.15, -0.1) is 0 Å². The summed E-state index contributed by atoms with van der Waals surface area (Å²) < 4.78 is 0. The largest absolute Gasteiger partial charge is 0.352 e. The Kier molecular flexibility index (Phi) is 4.66. The highest BCUT2D eigenvalue weighted by molar-refractivity contribution is 5.82. The van der Waals surface area contributed by atoms with Crippen LogP contribution in [-0.4, -0.2) is 24.5 Å². The first-order valence-electron chi connectivity index (χ1n) is 7.61. The Bertz CT molecular complexity index is 280. The Morgan fingerprint density at radius 1 is 1.17 bits per heavy atom. The molecule has 3 nitrogen and oxygen atoms in total. The summed E-state index contributed by atoms with van der Waals surface area (Å²) in [4.78, 5) is 12.3. The lowest BCUT2D eigenvalue weighted by molar-refractivity contribution is -0.124. The van der Waals surface area contributed by atoms with Crippen LogP contribution in [0.3, 0.4) is 0 Å². The smallest absolute Gasteiger partial charge is 0.237 e. The zero-order valence-corrected chi connectivity index (χ0v) is 11.9. The minimum absolute atomic E-state index is 0.0533. The summed E-state index contributed by atoms with van der Waals surface area (Å²) >= 11 is 0. The van der Waals surface area contributed by atoms with Gasteiger partial charge in [0, 0.05) is 6.04 Å². The van der Waals surface area contributed by atoms with Crippen molar-refractivity contribution in [3.8, 4) is 0 Å². The number of hydrogen-bond donors (Lipinski definition) is 2. The fraction of sp³-hybridized carbons (Fsp3) is 0.933. The summed E-state index contributed by atoms with van der Waals surface area (Å²) in [6.45, 7) is 5.62. The molecule has 0 aromatic carbocycles. The Labute approximate surface area is 111 Å². The molecule has 1 aliphatic heterocycles. The van der Waals surface area contributed by atoms with Gasteiger partial charge in [0.15, 0.2) is 0 Å². The molecule has 0 radical (unpaired) electrons. The van der Waals surface area contributed by atoms with E-state index in [4.69, 9.17) is 0 Å². The third-order valence-electron chi connectivity index (χ3n) is 4.43. The number of carbonyl (C=O) groups is 1. The van der Waals surface area contributed by atoms with Crippen LogP contribution in [-0.2, 0) is 4.79 Å². The highest BCUT2D eigenvalue weighted by Gasteiger charge is 2.30. The normalized spacial score (nSPS) is 32.6. The fourth-order valence-electron chi connectivity index (χ4n) is 3.38. The molecule has 1 amide bonds. The van der Waals surface area contributed by atoms with Gasteiger partial charge < -0.3 is 10.6 Å². The summed E-state index contributed by atoms with van der Waals surface area (Å²) in [6.07, 6.45) is 9.47.